The van der Waals surface area contributed by atoms with E-state index in [0.717, 1.165) is 22.6 Å². The largest absolute Gasteiger partial charge is 0.494 e. The zero-order valence-corrected chi connectivity index (χ0v) is 12.4. The van der Waals surface area contributed by atoms with Crippen LogP contribution in [0, 0.1) is 0 Å². The fourth-order valence-electron chi connectivity index (χ4n) is 1.91. The lowest BCUT2D eigenvalue weighted by Gasteiger charge is -2.07. The third-order valence-corrected chi connectivity index (χ3v) is 4.26. The Morgan fingerprint density at radius 3 is 2.95 bits per heavy atom. The first-order valence-corrected chi connectivity index (χ1v) is 7.64. The zero-order valence-electron chi connectivity index (χ0n) is 11.5. The van der Waals surface area contributed by atoms with Gasteiger partial charge in [0.05, 0.1) is 23.4 Å². The Bertz CT molecular complexity index is 597. The Morgan fingerprint density at radius 1 is 1.50 bits per heavy atom. The van der Waals surface area contributed by atoms with Gasteiger partial charge in [-0.05, 0) is 25.5 Å². The van der Waals surface area contributed by atoms with Crippen molar-refractivity contribution in [1.29, 1.82) is 0 Å². The quantitative estimate of drug-likeness (QED) is 0.821. The lowest BCUT2D eigenvalue weighted by atomic mass is 10.3. The Labute approximate surface area is 121 Å². The molecule has 0 aliphatic heterocycles. The molecular formula is C14H18N2O3S. The van der Waals surface area contributed by atoms with E-state index in [2.05, 4.69) is 9.97 Å². The number of nitrogens with zero attached hydrogens (tertiary/aromatic N) is 1. The summed E-state index contributed by atoms with van der Waals surface area (Å²) >= 11 is 1.39. The van der Waals surface area contributed by atoms with Gasteiger partial charge in [0.2, 0.25) is 0 Å². The molecule has 1 atom stereocenters. The fourth-order valence-corrected chi connectivity index (χ4v) is 2.78. The molecule has 1 aromatic carbocycles. The molecular weight excluding hydrogens is 276 g/mol. The van der Waals surface area contributed by atoms with E-state index >= 15 is 0 Å². The predicted molar refractivity (Wildman–Crippen MR) is 80.3 cm³/mol. The summed E-state index contributed by atoms with van der Waals surface area (Å²) in [6.45, 7) is 4.44. The SMILES string of the molecule is CCOc1ccc2nc(CSC(CC)C(=O)O)[nH]c2c1. The first kappa shape index (κ1) is 14.7. The highest BCUT2D eigenvalue weighted by Crippen LogP contribution is 2.23. The van der Waals surface area contributed by atoms with Crippen molar-refractivity contribution < 1.29 is 14.6 Å². The molecule has 0 bridgehead atoms. The number of carboxylic acid groups (broad SMARTS) is 1. The van der Waals surface area contributed by atoms with Crippen LogP contribution in [0.3, 0.4) is 0 Å². The van der Waals surface area contributed by atoms with Crippen molar-refractivity contribution in [1.82, 2.24) is 9.97 Å². The molecule has 0 fully saturated rings. The van der Waals surface area contributed by atoms with Crippen molar-refractivity contribution in [3.8, 4) is 5.75 Å². The highest BCUT2D eigenvalue weighted by molar-refractivity contribution is 7.99. The maximum absolute atomic E-state index is 11.0. The van der Waals surface area contributed by atoms with Gasteiger partial charge in [0, 0.05) is 6.07 Å². The van der Waals surface area contributed by atoms with E-state index in [9.17, 15) is 4.79 Å². The van der Waals surface area contributed by atoms with E-state index in [4.69, 9.17) is 9.84 Å². The van der Waals surface area contributed by atoms with E-state index in [0.29, 0.717) is 18.8 Å². The van der Waals surface area contributed by atoms with Gasteiger partial charge >= 0.3 is 5.97 Å². The van der Waals surface area contributed by atoms with E-state index in [1.165, 1.54) is 11.8 Å². The highest BCUT2D eigenvalue weighted by Gasteiger charge is 2.16. The molecule has 0 spiro atoms. The van der Waals surface area contributed by atoms with Crippen LogP contribution in [0.15, 0.2) is 18.2 Å². The van der Waals surface area contributed by atoms with Gasteiger partial charge in [0.1, 0.15) is 16.8 Å². The lowest BCUT2D eigenvalue weighted by molar-refractivity contribution is -0.136. The highest BCUT2D eigenvalue weighted by atomic mass is 32.2. The smallest absolute Gasteiger partial charge is 0.316 e. The molecule has 1 unspecified atom stereocenters. The van der Waals surface area contributed by atoms with Crippen LogP contribution in [0.25, 0.3) is 11.0 Å². The third-order valence-electron chi connectivity index (χ3n) is 2.88. The Kier molecular flexibility index (Phi) is 4.89. The summed E-state index contributed by atoms with van der Waals surface area (Å²) in [4.78, 5) is 18.6. The number of aliphatic carboxylic acids is 1. The van der Waals surface area contributed by atoms with Crippen LogP contribution >= 0.6 is 11.8 Å². The van der Waals surface area contributed by atoms with Crippen molar-refractivity contribution in [2.75, 3.05) is 6.61 Å². The molecule has 0 aliphatic carbocycles. The molecule has 108 valence electrons. The molecule has 0 radical (unpaired) electrons. The van der Waals surface area contributed by atoms with Crippen molar-refractivity contribution in [2.24, 2.45) is 0 Å². The van der Waals surface area contributed by atoms with Crippen molar-refractivity contribution in [3.05, 3.63) is 24.0 Å². The average Bonchev–Trinajstić information content (AvgIpc) is 2.81. The van der Waals surface area contributed by atoms with Crippen LogP contribution in [0.5, 0.6) is 5.75 Å². The maximum Gasteiger partial charge on any atom is 0.316 e. The number of imidazole rings is 1. The standard InChI is InChI=1S/C14H18N2O3S/c1-3-12(14(17)18)20-8-13-15-10-6-5-9(19-4-2)7-11(10)16-13/h5-7,12H,3-4,8H2,1-2H3,(H,15,16)(H,17,18). The van der Waals surface area contributed by atoms with Crippen molar-refractivity contribution >= 4 is 28.8 Å². The van der Waals surface area contributed by atoms with Gasteiger partial charge in [0.25, 0.3) is 0 Å². The van der Waals surface area contributed by atoms with Crippen LogP contribution in [0.1, 0.15) is 26.1 Å². The molecule has 0 aliphatic rings. The summed E-state index contributed by atoms with van der Waals surface area (Å²) < 4.78 is 5.44. The number of rotatable bonds is 7. The first-order valence-electron chi connectivity index (χ1n) is 6.59. The second-order valence-corrected chi connectivity index (χ2v) is 5.53. The molecule has 5 nitrogen and oxygen atoms in total. The van der Waals surface area contributed by atoms with Crippen LogP contribution in [-0.4, -0.2) is 32.9 Å². The van der Waals surface area contributed by atoms with E-state index < -0.39 is 5.97 Å². The molecule has 1 heterocycles. The molecule has 2 rings (SSSR count). The van der Waals surface area contributed by atoms with Crippen LogP contribution in [0.4, 0.5) is 0 Å². The molecule has 0 saturated heterocycles. The molecule has 20 heavy (non-hydrogen) atoms. The van der Waals surface area contributed by atoms with Crippen LogP contribution < -0.4 is 4.74 Å². The van der Waals surface area contributed by atoms with Crippen molar-refractivity contribution in [3.63, 3.8) is 0 Å². The molecule has 2 N–H and O–H groups in total. The maximum atomic E-state index is 11.0. The van der Waals surface area contributed by atoms with Gasteiger partial charge < -0.3 is 14.8 Å². The minimum absolute atomic E-state index is 0.387. The van der Waals surface area contributed by atoms with E-state index in [1.54, 1.807) is 0 Å². The Morgan fingerprint density at radius 2 is 2.30 bits per heavy atom. The Hall–Kier alpha value is -1.69. The lowest BCUT2D eigenvalue weighted by Crippen LogP contribution is -2.15. The summed E-state index contributed by atoms with van der Waals surface area (Å²) in [7, 11) is 0. The fraction of sp³-hybridized carbons (Fsp3) is 0.429. The van der Waals surface area contributed by atoms with E-state index in [-0.39, 0.29) is 5.25 Å². The summed E-state index contributed by atoms with van der Waals surface area (Å²) in [5.74, 6) is 1.38. The number of hydrogen-bond acceptors (Lipinski definition) is 4. The molecule has 0 amide bonds. The predicted octanol–water partition coefficient (Wildman–Crippen LogP) is 3.06. The number of hydrogen-bond donors (Lipinski definition) is 2. The first-order chi connectivity index (χ1) is 9.63. The number of benzene rings is 1. The zero-order chi connectivity index (χ0) is 14.5. The van der Waals surface area contributed by atoms with Gasteiger partial charge in [0.15, 0.2) is 0 Å². The second kappa shape index (κ2) is 6.65. The normalized spacial score (nSPS) is 12.5. The summed E-state index contributed by atoms with van der Waals surface area (Å²) in [5.41, 5.74) is 1.78. The Balaban J connectivity index is 2.09. The number of ether oxygens (including phenoxy) is 1. The number of thioether (sulfide) groups is 1. The topological polar surface area (TPSA) is 75.2 Å². The minimum Gasteiger partial charge on any atom is -0.494 e. The summed E-state index contributed by atoms with van der Waals surface area (Å²) in [6.07, 6.45) is 0.606. The monoisotopic (exact) mass is 294 g/mol. The second-order valence-electron chi connectivity index (χ2n) is 4.34. The number of aromatic nitrogens is 2. The number of aromatic amines is 1. The number of H-pyrrole nitrogens is 1. The number of carboxylic acids is 1. The number of fused-ring (bicyclic) bond motifs is 1. The summed E-state index contributed by atoms with van der Waals surface area (Å²) in [5, 5.41) is 8.63. The summed E-state index contributed by atoms with van der Waals surface area (Å²) in [6, 6.07) is 5.70. The van der Waals surface area contributed by atoms with Crippen LogP contribution in [-0.2, 0) is 10.5 Å². The van der Waals surface area contributed by atoms with Crippen LogP contribution in [0.2, 0.25) is 0 Å². The minimum atomic E-state index is -0.771. The number of carbonyl (C=O) groups is 1. The molecule has 2 aromatic rings. The molecule has 1 aromatic heterocycles. The van der Waals surface area contributed by atoms with Crippen molar-refractivity contribution in [2.45, 2.75) is 31.3 Å². The molecule has 0 saturated carbocycles. The van der Waals surface area contributed by atoms with Gasteiger partial charge in [-0.2, -0.15) is 0 Å². The van der Waals surface area contributed by atoms with Gasteiger partial charge in [-0.1, -0.05) is 6.92 Å². The van der Waals surface area contributed by atoms with Gasteiger partial charge in [-0.15, -0.1) is 11.8 Å². The van der Waals surface area contributed by atoms with Gasteiger partial charge in [-0.3, -0.25) is 4.79 Å². The van der Waals surface area contributed by atoms with E-state index in [1.807, 2.05) is 32.0 Å². The molecule has 6 heteroatoms. The average molecular weight is 294 g/mol. The van der Waals surface area contributed by atoms with Gasteiger partial charge in [-0.25, -0.2) is 4.98 Å². The number of nitrogens with one attached hydrogen (secondary N) is 1. The third kappa shape index (κ3) is 3.45.